The maximum absolute atomic E-state index is 12.8. The second kappa shape index (κ2) is 11.0. The molecule has 4 heterocycles. The number of sulfone groups is 1. The quantitative estimate of drug-likeness (QED) is 0.333. The Kier molecular flexibility index (Phi) is 7.52. The van der Waals surface area contributed by atoms with Crippen LogP contribution in [0.2, 0.25) is 0 Å². The average molecular weight is 584 g/mol. The number of likely N-dealkylation sites (tertiary alicyclic amines) is 1. The molecule has 1 aliphatic rings. The third-order valence-corrected chi connectivity index (χ3v) is 8.89. The molecule has 11 heteroatoms. The molecule has 0 aliphatic carbocycles. The fourth-order valence-corrected chi connectivity index (χ4v) is 6.13. The van der Waals surface area contributed by atoms with Gasteiger partial charge in [-0.15, -0.1) is 0 Å². The highest BCUT2D eigenvalue weighted by atomic mass is 79.9. The highest BCUT2D eigenvalue weighted by molar-refractivity contribution is 9.10. The monoisotopic (exact) mass is 582 g/mol. The fourth-order valence-electron chi connectivity index (χ4n) is 4.54. The van der Waals surface area contributed by atoms with Crippen LogP contribution in [0.15, 0.2) is 76.5 Å². The van der Waals surface area contributed by atoms with Gasteiger partial charge < -0.3 is 10.2 Å². The Morgan fingerprint density at radius 3 is 2.59 bits per heavy atom. The summed E-state index contributed by atoms with van der Waals surface area (Å²) in [4.78, 5) is 23.8. The second-order valence-corrected chi connectivity index (χ2v) is 12.0. The second-order valence-electron chi connectivity index (χ2n) is 9.05. The molecule has 0 unspecified atom stereocenters. The number of rotatable bonds is 8. The van der Waals surface area contributed by atoms with Crippen molar-refractivity contribution in [2.75, 3.05) is 24.2 Å². The van der Waals surface area contributed by atoms with Crippen LogP contribution < -0.4 is 5.32 Å². The van der Waals surface area contributed by atoms with E-state index >= 15 is 0 Å². The molecule has 1 amide bonds. The number of benzene rings is 1. The number of aromatic nitrogens is 4. The first kappa shape index (κ1) is 25.3. The minimum atomic E-state index is -3.48. The van der Waals surface area contributed by atoms with Crippen molar-refractivity contribution in [1.29, 1.82) is 0 Å². The third kappa shape index (κ3) is 5.83. The number of fused-ring (bicyclic) bond motifs is 1. The smallest absolute Gasteiger partial charge is 0.223 e. The number of hydrogen-bond acceptors (Lipinski definition) is 7. The number of carbonyl (C=O) groups excluding carboxylic acids is 1. The summed E-state index contributed by atoms with van der Waals surface area (Å²) in [5.41, 5.74) is 2.73. The average Bonchev–Trinajstić information content (AvgIpc) is 3.32. The predicted molar refractivity (Wildman–Crippen MR) is 144 cm³/mol. The van der Waals surface area contributed by atoms with Gasteiger partial charge in [-0.3, -0.25) is 9.78 Å². The number of pyridine rings is 1. The Bertz CT molecular complexity index is 1490. The van der Waals surface area contributed by atoms with Crippen LogP contribution >= 0.6 is 15.9 Å². The summed E-state index contributed by atoms with van der Waals surface area (Å²) in [6.45, 7) is 1.74. The van der Waals surface area contributed by atoms with Gasteiger partial charge in [0.25, 0.3) is 0 Å². The zero-order valence-corrected chi connectivity index (χ0v) is 22.5. The van der Waals surface area contributed by atoms with Crippen LogP contribution in [0, 0.1) is 0 Å². The fraction of sp³-hybridized carbons (Fsp3) is 0.308. The minimum absolute atomic E-state index is 0.0166. The molecule has 1 N–H and O–H groups in total. The van der Waals surface area contributed by atoms with Gasteiger partial charge in [0.05, 0.1) is 21.3 Å². The molecular weight excluding hydrogens is 556 g/mol. The van der Waals surface area contributed by atoms with Gasteiger partial charge in [-0.2, -0.15) is 9.61 Å². The van der Waals surface area contributed by atoms with Crippen LogP contribution in [0.25, 0.3) is 5.65 Å². The van der Waals surface area contributed by atoms with E-state index in [1.54, 1.807) is 52.1 Å². The standard InChI is InChI=1S/C26H27BrN6O3S/c27-22-18-30-33-24(29-17-19-5-4-11-28-16-19)15-23(31-26(22)33)20-8-12-32(13-9-20)25(34)10-14-37(35,36)21-6-2-1-3-7-21/h1-7,11,15-16,18,20,29H,8-10,12-14,17H2. The Morgan fingerprint density at radius 1 is 1.08 bits per heavy atom. The lowest BCUT2D eigenvalue weighted by Gasteiger charge is -2.32. The number of nitrogens with zero attached hydrogens (tertiary/aromatic N) is 5. The number of carbonyl (C=O) groups is 1. The molecule has 192 valence electrons. The van der Waals surface area contributed by atoms with Gasteiger partial charge in [0, 0.05) is 56.1 Å². The number of halogens is 1. The number of piperidine rings is 1. The van der Waals surface area contributed by atoms with Crippen molar-refractivity contribution in [1.82, 2.24) is 24.5 Å². The van der Waals surface area contributed by atoms with Crippen molar-refractivity contribution in [3.63, 3.8) is 0 Å². The van der Waals surface area contributed by atoms with Crippen LogP contribution in [0.4, 0.5) is 5.82 Å². The Balaban J connectivity index is 1.23. The molecule has 5 rings (SSSR count). The van der Waals surface area contributed by atoms with Crippen molar-refractivity contribution < 1.29 is 13.2 Å². The predicted octanol–water partition coefficient (Wildman–Crippen LogP) is 4.07. The topological polar surface area (TPSA) is 110 Å². The normalized spacial score (nSPS) is 14.7. The summed E-state index contributed by atoms with van der Waals surface area (Å²) in [5, 5.41) is 7.89. The first-order chi connectivity index (χ1) is 17.9. The van der Waals surface area contributed by atoms with Crippen molar-refractivity contribution >= 4 is 43.1 Å². The van der Waals surface area contributed by atoms with E-state index in [1.165, 1.54) is 0 Å². The molecule has 1 saturated heterocycles. The molecule has 0 bridgehead atoms. The molecule has 0 radical (unpaired) electrons. The SMILES string of the molecule is O=C(CCS(=O)(=O)c1ccccc1)N1CCC(c2cc(NCc3cccnc3)n3ncc(Br)c3n2)CC1. The zero-order valence-electron chi connectivity index (χ0n) is 20.1. The molecule has 1 aliphatic heterocycles. The van der Waals surface area contributed by atoms with Gasteiger partial charge in [0.2, 0.25) is 5.91 Å². The zero-order chi connectivity index (χ0) is 25.8. The Labute approximate surface area is 224 Å². The summed E-state index contributed by atoms with van der Waals surface area (Å²) in [6.07, 6.45) is 6.80. The van der Waals surface area contributed by atoms with Crippen molar-refractivity contribution in [3.8, 4) is 0 Å². The molecule has 1 fully saturated rings. The lowest BCUT2D eigenvalue weighted by Crippen LogP contribution is -2.38. The van der Waals surface area contributed by atoms with Crippen molar-refractivity contribution in [2.45, 2.75) is 36.6 Å². The molecule has 0 saturated carbocycles. The van der Waals surface area contributed by atoms with Gasteiger partial charge >= 0.3 is 0 Å². The minimum Gasteiger partial charge on any atom is -0.366 e. The van der Waals surface area contributed by atoms with Crippen molar-refractivity contribution in [2.24, 2.45) is 0 Å². The molecule has 9 nitrogen and oxygen atoms in total. The summed E-state index contributed by atoms with van der Waals surface area (Å²) in [5.74, 6) is 0.704. The van der Waals surface area contributed by atoms with E-state index in [1.807, 2.05) is 24.4 Å². The first-order valence-corrected chi connectivity index (χ1v) is 14.6. The highest BCUT2D eigenvalue weighted by Gasteiger charge is 2.27. The van der Waals surface area contributed by atoms with Crippen molar-refractivity contribution in [3.05, 3.63) is 82.9 Å². The van der Waals surface area contributed by atoms with Crippen LogP contribution in [0.5, 0.6) is 0 Å². The van der Waals surface area contributed by atoms with E-state index in [0.29, 0.717) is 19.6 Å². The molecule has 0 spiro atoms. The largest absolute Gasteiger partial charge is 0.366 e. The van der Waals surface area contributed by atoms with Gasteiger partial charge in [0.1, 0.15) is 5.82 Å². The van der Waals surface area contributed by atoms with Gasteiger partial charge in [-0.05, 0) is 52.5 Å². The number of nitrogens with one attached hydrogen (secondary N) is 1. The van der Waals surface area contributed by atoms with Gasteiger partial charge in [-0.25, -0.2) is 13.4 Å². The highest BCUT2D eigenvalue weighted by Crippen LogP contribution is 2.31. The van der Waals surface area contributed by atoms with E-state index in [9.17, 15) is 13.2 Å². The molecular formula is C26H27BrN6O3S. The van der Waals surface area contributed by atoms with E-state index in [4.69, 9.17) is 4.98 Å². The Hall–Kier alpha value is -3.31. The lowest BCUT2D eigenvalue weighted by molar-refractivity contribution is -0.131. The number of anilines is 1. The van der Waals surface area contributed by atoms with E-state index in [0.717, 1.165) is 40.0 Å². The maximum atomic E-state index is 12.8. The van der Waals surface area contributed by atoms with Crippen LogP contribution in [-0.4, -0.2) is 57.6 Å². The summed E-state index contributed by atoms with van der Waals surface area (Å²) < 4.78 is 27.7. The lowest BCUT2D eigenvalue weighted by atomic mass is 9.93. The first-order valence-electron chi connectivity index (χ1n) is 12.1. The summed E-state index contributed by atoms with van der Waals surface area (Å²) in [7, 11) is -3.48. The van der Waals surface area contributed by atoms with Crippen LogP contribution in [-0.2, 0) is 21.2 Å². The summed E-state index contributed by atoms with van der Waals surface area (Å²) >= 11 is 3.55. The van der Waals surface area contributed by atoms with E-state index in [-0.39, 0.29) is 28.9 Å². The molecule has 1 aromatic carbocycles. The molecule has 3 aromatic heterocycles. The number of hydrogen-bond donors (Lipinski definition) is 1. The summed E-state index contributed by atoms with van der Waals surface area (Å²) in [6, 6.07) is 14.2. The molecule has 4 aromatic rings. The Morgan fingerprint density at radius 2 is 1.86 bits per heavy atom. The maximum Gasteiger partial charge on any atom is 0.223 e. The van der Waals surface area contributed by atoms with E-state index in [2.05, 4.69) is 31.3 Å². The molecule has 0 atom stereocenters. The van der Waals surface area contributed by atoms with Crippen LogP contribution in [0.3, 0.4) is 0 Å². The third-order valence-electron chi connectivity index (χ3n) is 6.60. The molecule has 37 heavy (non-hydrogen) atoms. The number of amides is 1. The van der Waals surface area contributed by atoms with E-state index < -0.39 is 9.84 Å². The van der Waals surface area contributed by atoms with Crippen LogP contribution in [0.1, 0.15) is 36.4 Å². The van der Waals surface area contributed by atoms with Gasteiger partial charge in [-0.1, -0.05) is 24.3 Å². The van der Waals surface area contributed by atoms with Gasteiger partial charge in [0.15, 0.2) is 15.5 Å².